The molecule has 0 heterocycles. The number of carboxylic acid groups (broad SMARTS) is 1. The first kappa shape index (κ1) is 9.97. The number of carbonyl (C=O) groups is 1. The summed E-state index contributed by atoms with van der Waals surface area (Å²) < 4.78 is 0. The Morgan fingerprint density at radius 2 is 1.71 bits per heavy atom. The first-order chi connectivity index (χ1) is 6.31. The monoisotopic (exact) mass is 198 g/mol. The van der Waals surface area contributed by atoms with E-state index in [2.05, 4.69) is 13.8 Å². The maximum atomic E-state index is 11.2. The minimum Gasteiger partial charge on any atom is -0.481 e. The predicted octanol–water partition coefficient (Wildman–Crippen LogP) is 1.79. The SMILES string of the molecule is CC1(C)CC(O)(C2(C(=O)O)CCC2)C1. The van der Waals surface area contributed by atoms with Crippen LogP contribution >= 0.6 is 0 Å². The molecule has 0 atom stereocenters. The van der Waals surface area contributed by atoms with Crippen molar-refractivity contribution >= 4 is 5.97 Å². The summed E-state index contributed by atoms with van der Waals surface area (Å²) >= 11 is 0. The van der Waals surface area contributed by atoms with Crippen LogP contribution in [0.1, 0.15) is 46.0 Å². The highest BCUT2D eigenvalue weighted by Crippen LogP contribution is 2.62. The van der Waals surface area contributed by atoms with Gasteiger partial charge in [0.2, 0.25) is 0 Å². The van der Waals surface area contributed by atoms with Crippen LogP contribution < -0.4 is 0 Å². The van der Waals surface area contributed by atoms with Gasteiger partial charge in [-0.15, -0.1) is 0 Å². The van der Waals surface area contributed by atoms with Crippen LogP contribution in [0.3, 0.4) is 0 Å². The van der Waals surface area contributed by atoms with Crippen LogP contribution in [0.2, 0.25) is 0 Å². The summed E-state index contributed by atoms with van der Waals surface area (Å²) in [6.45, 7) is 4.16. The number of hydrogen-bond donors (Lipinski definition) is 2. The van der Waals surface area contributed by atoms with Crippen molar-refractivity contribution in [3.8, 4) is 0 Å². The van der Waals surface area contributed by atoms with Gasteiger partial charge in [-0.05, 0) is 31.1 Å². The molecule has 0 saturated heterocycles. The molecule has 0 radical (unpaired) electrons. The maximum absolute atomic E-state index is 11.2. The van der Waals surface area contributed by atoms with E-state index in [-0.39, 0.29) is 5.41 Å². The Morgan fingerprint density at radius 1 is 1.21 bits per heavy atom. The van der Waals surface area contributed by atoms with Crippen molar-refractivity contribution in [1.29, 1.82) is 0 Å². The molecule has 2 aliphatic rings. The zero-order valence-electron chi connectivity index (χ0n) is 8.84. The highest BCUT2D eigenvalue weighted by atomic mass is 16.4. The second kappa shape index (κ2) is 2.51. The van der Waals surface area contributed by atoms with Gasteiger partial charge < -0.3 is 10.2 Å². The Kier molecular flexibility index (Phi) is 1.79. The first-order valence-electron chi connectivity index (χ1n) is 5.27. The molecule has 0 bridgehead atoms. The zero-order chi connectivity index (χ0) is 10.6. The van der Waals surface area contributed by atoms with E-state index in [1.807, 2.05) is 0 Å². The fraction of sp³-hybridized carbons (Fsp3) is 0.909. The number of rotatable bonds is 2. The lowest BCUT2D eigenvalue weighted by Crippen LogP contribution is -2.65. The molecular weight excluding hydrogens is 180 g/mol. The minimum absolute atomic E-state index is 0.118. The molecule has 0 aliphatic heterocycles. The molecule has 2 rings (SSSR count). The number of hydrogen-bond acceptors (Lipinski definition) is 2. The lowest BCUT2D eigenvalue weighted by atomic mass is 9.46. The van der Waals surface area contributed by atoms with Crippen LogP contribution in [0.25, 0.3) is 0 Å². The number of aliphatic carboxylic acids is 1. The summed E-state index contributed by atoms with van der Waals surface area (Å²) in [7, 11) is 0. The normalized spacial score (nSPS) is 31.4. The molecule has 2 N–H and O–H groups in total. The molecule has 3 heteroatoms. The summed E-state index contributed by atoms with van der Waals surface area (Å²) in [5.41, 5.74) is -1.63. The molecule has 0 spiro atoms. The number of carboxylic acids is 1. The van der Waals surface area contributed by atoms with E-state index in [4.69, 9.17) is 0 Å². The zero-order valence-corrected chi connectivity index (χ0v) is 8.84. The highest BCUT2D eigenvalue weighted by molar-refractivity contribution is 5.78. The molecular formula is C11H18O3. The third-order valence-electron chi connectivity index (χ3n) is 4.05. The Morgan fingerprint density at radius 3 is 1.93 bits per heavy atom. The van der Waals surface area contributed by atoms with Gasteiger partial charge in [0.15, 0.2) is 0 Å². The lowest BCUT2D eigenvalue weighted by molar-refractivity contribution is -0.229. The third-order valence-corrected chi connectivity index (χ3v) is 4.05. The summed E-state index contributed by atoms with van der Waals surface area (Å²) in [5, 5.41) is 19.5. The van der Waals surface area contributed by atoms with Crippen molar-refractivity contribution in [2.75, 3.05) is 0 Å². The van der Waals surface area contributed by atoms with Gasteiger partial charge >= 0.3 is 5.97 Å². The molecule has 2 saturated carbocycles. The molecule has 0 aromatic rings. The fourth-order valence-electron chi connectivity index (χ4n) is 3.28. The molecule has 0 amide bonds. The van der Waals surface area contributed by atoms with Crippen molar-refractivity contribution in [3.05, 3.63) is 0 Å². The quantitative estimate of drug-likeness (QED) is 0.711. The average Bonchev–Trinajstić information content (AvgIpc) is 1.75. The van der Waals surface area contributed by atoms with Crippen LogP contribution in [-0.2, 0) is 4.79 Å². The van der Waals surface area contributed by atoms with E-state index in [0.717, 1.165) is 6.42 Å². The van der Waals surface area contributed by atoms with Gasteiger partial charge in [-0.1, -0.05) is 20.3 Å². The fourth-order valence-corrected chi connectivity index (χ4v) is 3.28. The smallest absolute Gasteiger partial charge is 0.312 e. The standard InChI is InChI=1S/C11H18O3/c1-9(2)6-11(14,7-9)10(8(12)13)4-3-5-10/h14H,3-7H2,1-2H3,(H,12,13). The van der Waals surface area contributed by atoms with Gasteiger partial charge in [0.05, 0.1) is 11.0 Å². The molecule has 3 nitrogen and oxygen atoms in total. The molecule has 2 aliphatic carbocycles. The highest BCUT2D eigenvalue weighted by Gasteiger charge is 2.66. The van der Waals surface area contributed by atoms with Crippen molar-refractivity contribution in [2.24, 2.45) is 10.8 Å². The topological polar surface area (TPSA) is 57.5 Å². The van der Waals surface area contributed by atoms with Gasteiger partial charge in [0, 0.05) is 0 Å². The molecule has 14 heavy (non-hydrogen) atoms. The second-order valence-electron chi connectivity index (χ2n) is 5.79. The van der Waals surface area contributed by atoms with Crippen molar-refractivity contribution in [2.45, 2.75) is 51.6 Å². The van der Waals surface area contributed by atoms with Crippen molar-refractivity contribution < 1.29 is 15.0 Å². The largest absolute Gasteiger partial charge is 0.481 e. The van der Waals surface area contributed by atoms with Crippen LogP contribution in [0.15, 0.2) is 0 Å². The van der Waals surface area contributed by atoms with Gasteiger partial charge in [0.25, 0.3) is 0 Å². The first-order valence-corrected chi connectivity index (χ1v) is 5.27. The van der Waals surface area contributed by atoms with Gasteiger partial charge in [-0.25, -0.2) is 0 Å². The van der Waals surface area contributed by atoms with Crippen LogP contribution in [0, 0.1) is 10.8 Å². The lowest BCUT2D eigenvalue weighted by Gasteiger charge is -2.60. The predicted molar refractivity (Wildman–Crippen MR) is 51.9 cm³/mol. The van der Waals surface area contributed by atoms with Crippen LogP contribution in [0.4, 0.5) is 0 Å². The third kappa shape index (κ3) is 1.05. The molecule has 2 fully saturated rings. The Bertz CT molecular complexity index is 268. The van der Waals surface area contributed by atoms with E-state index in [1.165, 1.54) is 0 Å². The summed E-state index contributed by atoms with van der Waals surface area (Å²) in [6, 6.07) is 0. The minimum atomic E-state index is -0.930. The molecule has 80 valence electrons. The summed E-state index contributed by atoms with van der Waals surface area (Å²) in [4.78, 5) is 11.2. The average molecular weight is 198 g/mol. The molecule has 0 aromatic carbocycles. The van der Waals surface area contributed by atoms with Gasteiger partial charge in [-0.3, -0.25) is 4.79 Å². The van der Waals surface area contributed by atoms with E-state index < -0.39 is 17.0 Å². The van der Waals surface area contributed by atoms with Crippen molar-refractivity contribution in [1.82, 2.24) is 0 Å². The molecule has 0 unspecified atom stereocenters. The van der Waals surface area contributed by atoms with E-state index in [9.17, 15) is 15.0 Å². The van der Waals surface area contributed by atoms with E-state index in [0.29, 0.717) is 25.7 Å². The van der Waals surface area contributed by atoms with E-state index in [1.54, 1.807) is 0 Å². The van der Waals surface area contributed by atoms with Gasteiger partial charge in [-0.2, -0.15) is 0 Å². The summed E-state index contributed by atoms with van der Waals surface area (Å²) in [5.74, 6) is -0.804. The van der Waals surface area contributed by atoms with Crippen molar-refractivity contribution in [3.63, 3.8) is 0 Å². The number of aliphatic hydroxyl groups is 1. The molecule has 0 aromatic heterocycles. The Hall–Kier alpha value is -0.570. The van der Waals surface area contributed by atoms with Crippen LogP contribution in [-0.4, -0.2) is 21.8 Å². The Labute approximate surface area is 84.1 Å². The van der Waals surface area contributed by atoms with E-state index >= 15 is 0 Å². The Balaban J connectivity index is 2.18. The van der Waals surface area contributed by atoms with Gasteiger partial charge in [0.1, 0.15) is 0 Å². The summed E-state index contributed by atoms with van der Waals surface area (Å²) in [6.07, 6.45) is 3.50. The second-order valence-corrected chi connectivity index (χ2v) is 5.79. The maximum Gasteiger partial charge on any atom is 0.312 e. The van der Waals surface area contributed by atoms with Crippen LogP contribution in [0.5, 0.6) is 0 Å².